The van der Waals surface area contributed by atoms with Crippen LogP contribution in [0.25, 0.3) is 0 Å². The Kier molecular flexibility index (Phi) is 5.14. The van der Waals surface area contributed by atoms with Crippen molar-refractivity contribution in [3.05, 3.63) is 64.2 Å². The zero-order chi connectivity index (χ0) is 18.8. The van der Waals surface area contributed by atoms with E-state index < -0.39 is 6.10 Å². The number of anilines is 1. The van der Waals surface area contributed by atoms with E-state index in [1.165, 1.54) is 5.56 Å². The summed E-state index contributed by atoms with van der Waals surface area (Å²) in [5, 5.41) is 3.54. The monoisotopic (exact) mass is 384 g/mol. The van der Waals surface area contributed by atoms with Gasteiger partial charge in [-0.05, 0) is 60.7 Å². The molecule has 0 saturated carbocycles. The van der Waals surface area contributed by atoms with Gasteiger partial charge in [0.15, 0.2) is 0 Å². The fourth-order valence-electron chi connectivity index (χ4n) is 3.62. The Balaban J connectivity index is 1.47. The van der Waals surface area contributed by atoms with Gasteiger partial charge in [-0.15, -0.1) is 0 Å². The summed E-state index contributed by atoms with van der Waals surface area (Å²) in [5.74, 6) is -0.201. The van der Waals surface area contributed by atoms with Crippen LogP contribution in [0, 0.1) is 0 Å². The van der Waals surface area contributed by atoms with Crippen molar-refractivity contribution >= 4 is 29.1 Å². The number of benzene rings is 2. The summed E-state index contributed by atoms with van der Waals surface area (Å²) in [7, 11) is 0. The van der Waals surface area contributed by atoms with Crippen LogP contribution in [0.4, 0.5) is 5.69 Å². The van der Waals surface area contributed by atoms with E-state index in [1.54, 1.807) is 24.3 Å². The van der Waals surface area contributed by atoms with E-state index in [2.05, 4.69) is 5.32 Å². The lowest BCUT2D eigenvalue weighted by Crippen LogP contribution is -2.36. The Morgan fingerprint density at radius 3 is 2.85 bits per heavy atom. The molecule has 6 heteroatoms. The van der Waals surface area contributed by atoms with E-state index in [0.29, 0.717) is 36.0 Å². The van der Waals surface area contributed by atoms with Crippen LogP contribution < -0.4 is 5.32 Å². The van der Waals surface area contributed by atoms with Crippen molar-refractivity contribution in [2.24, 2.45) is 0 Å². The molecule has 1 fully saturated rings. The quantitative estimate of drug-likeness (QED) is 0.878. The van der Waals surface area contributed by atoms with Crippen LogP contribution in [-0.2, 0) is 22.5 Å². The molecule has 140 valence electrons. The van der Waals surface area contributed by atoms with Crippen molar-refractivity contribution in [1.29, 1.82) is 0 Å². The molecule has 0 radical (unpaired) electrons. The highest BCUT2D eigenvalue weighted by molar-refractivity contribution is 6.30. The smallest absolute Gasteiger partial charge is 0.254 e. The van der Waals surface area contributed by atoms with Crippen LogP contribution >= 0.6 is 11.6 Å². The minimum Gasteiger partial charge on any atom is -0.368 e. The van der Waals surface area contributed by atoms with Crippen LogP contribution in [0.15, 0.2) is 42.5 Å². The number of nitrogens with one attached hydrogen (secondary N) is 1. The predicted molar refractivity (Wildman–Crippen MR) is 104 cm³/mol. The first-order chi connectivity index (χ1) is 13.1. The molecule has 2 aromatic rings. The molecule has 0 aromatic heterocycles. The van der Waals surface area contributed by atoms with E-state index in [1.807, 2.05) is 23.1 Å². The minimum absolute atomic E-state index is 0.0474. The third kappa shape index (κ3) is 3.99. The Bertz CT molecular complexity index is 877. The average Bonchev–Trinajstić information content (AvgIpc) is 3.22. The highest BCUT2D eigenvalue weighted by atomic mass is 35.5. The second-order valence-electron chi connectivity index (χ2n) is 6.96. The van der Waals surface area contributed by atoms with Gasteiger partial charge in [-0.25, -0.2) is 0 Å². The highest BCUT2D eigenvalue weighted by Gasteiger charge is 2.25. The van der Waals surface area contributed by atoms with E-state index in [-0.39, 0.29) is 11.8 Å². The SMILES string of the molecule is O=C(Nc1cccc(C(=O)N2CCc3ccc(Cl)cc3C2)c1)[C@@H]1CCCO1. The second kappa shape index (κ2) is 7.71. The first-order valence-electron chi connectivity index (χ1n) is 9.19. The molecule has 4 rings (SSSR count). The van der Waals surface area contributed by atoms with Crippen molar-refractivity contribution in [2.45, 2.75) is 31.9 Å². The molecule has 2 amide bonds. The van der Waals surface area contributed by atoms with Crippen molar-refractivity contribution < 1.29 is 14.3 Å². The summed E-state index contributed by atoms with van der Waals surface area (Å²) < 4.78 is 5.40. The number of carbonyl (C=O) groups excluding carboxylic acids is 2. The molecule has 1 N–H and O–H groups in total. The molecule has 0 bridgehead atoms. The van der Waals surface area contributed by atoms with E-state index >= 15 is 0 Å². The molecule has 0 unspecified atom stereocenters. The molecule has 2 aromatic carbocycles. The Hall–Kier alpha value is -2.37. The molecule has 1 atom stereocenters. The zero-order valence-electron chi connectivity index (χ0n) is 14.9. The lowest BCUT2D eigenvalue weighted by atomic mass is 9.99. The fraction of sp³-hybridized carbons (Fsp3) is 0.333. The molecule has 2 aliphatic rings. The molecule has 2 aliphatic heterocycles. The van der Waals surface area contributed by atoms with Crippen LogP contribution in [0.5, 0.6) is 0 Å². The third-order valence-corrected chi connectivity index (χ3v) is 5.30. The summed E-state index contributed by atoms with van der Waals surface area (Å²) in [5.41, 5.74) is 3.50. The summed E-state index contributed by atoms with van der Waals surface area (Å²) in [4.78, 5) is 27.0. The Morgan fingerprint density at radius 1 is 1.15 bits per heavy atom. The van der Waals surface area contributed by atoms with Crippen molar-refractivity contribution in [2.75, 3.05) is 18.5 Å². The normalized spacial score (nSPS) is 18.9. The maximum atomic E-state index is 12.9. The number of fused-ring (bicyclic) bond motifs is 1. The van der Waals surface area contributed by atoms with Crippen LogP contribution in [0.1, 0.15) is 34.3 Å². The van der Waals surface area contributed by atoms with Crippen molar-refractivity contribution in [3.63, 3.8) is 0 Å². The number of halogens is 1. The zero-order valence-corrected chi connectivity index (χ0v) is 15.7. The number of hydrogen-bond acceptors (Lipinski definition) is 3. The van der Waals surface area contributed by atoms with Crippen molar-refractivity contribution in [1.82, 2.24) is 4.90 Å². The molecular weight excluding hydrogens is 364 g/mol. The topological polar surface area (TPSA) is 58.6 Å². The van der Waals surface area contributed by atoms with Gasteiger partial charge in [-0.1, -0.05) is 23.7 Å². The second-order valence-corrected chi connectivity index (χ2v) is 7.40. The standard InChI is InChI=1S/C21H21ClN2O3/c22-17-7-6-14-8-9-24(13-16(14)11-17)21(26)15-3-1-4-18(12-15)23-20(25)19-5-2-10-27-19/h1,3-4,6-7,11-12,19H,2,5,8-10,13H2,(H,23,25)/t19-/m0/s1. The van der Waals surface area contributed by atoms with Gasteiger partial charge in [0, 0.05) is 36.0 Å². The fourth-order valence-corrected chi connectivity index (χ4v) is 3.81. The average molecular weight is 385 g/mol. The maximum Gasteiger partial charge on any atom is 0.254 e. The molecule has 2 heterocycles. The number of nitrogens with zero attached hydrogens (tertiary/aromatic N) is 1. The van der Waals surface area contributed by atoms with E-state index in [4.69, 9.17) is 16.3 Å². The first-order valence-corrected chi connectivity index (χ1v) is 9.57. The molecule has 27 heavy (non-hydrogen) atoms. The summed E-state index contributed by atoms with van der Waals surface area (Å²) >= 11 is 6.09. The molecule has 0 aliphatic carbocycles. The molecule has 1 saturated heterocycles. The predicted octanol–water partition coefficient (Wildman–Crippen LogP) is 3.66. The summed E-state index contributed by atoms with van der Waals surface area (Å²) in [6.45, 7) is 1.83. The van der Waals surface area contributed by atoms with Gasteiger partial charge in [0.05, 0.1) is 0 Å². The van der Waals surface area contributed by atoms with Crippen LogP contribution in [-0.4, -0.2) is 36.0 Å². The Morgan fingerprint density at radius 2 is 2.04 bits per heavy atom. The number of rotatable bonds is 3. The maximum absolute atomic E-state index is 12.9. The third-order valence-electron chi connectivity index (χ3n) is 5.07. The van der Waals surface area contributed by atoms with Gasteiger partial charge < -0.3 is 15.0 Å². The summed E-state index contributed by atoms with van der Waals surface area (Å²) in [6.07, 6.45) is 2.05. The van der Waals surface area contributed by atoms with Gasteiger partial charge in [-0.2, -0.15) is 0 Å². The van der Waals surface area contributed by atoms with Crippen LogP contribution in [0.3, 0.4) is 0 Å². The van der Waals surface area contributed by atoms with Gasteiger partial charge in [0.2, 0.25) is 0 Å². The van der Waals surface area contributed by atoms with E-state index in [0.717, 1.165) is 24.8 Å². The van der Waals surface area contributed by atoms with E-state index in [9.17, 15) is 9.59 Å². The number of carbonyl (C=O) groups is 2. The first kappa shape index (κ1) is 18.0. The van der Waals surface area contributed by atoms with Gasteiger partial charge >= 0.3 is 0 Å². The van der Waals surface area contributed by atoms with Gasteiger partial charge in [0.25, 0.3) is 11.8 Å². The van der Waals surface area contributed by atoms with Crippen molar-refractivity contribution in [3.8, 4) is 0 Å². The molecule has 0 spiro atoms. The number of hydrogen-bond donors (Lipinski definition) is 1. The Labute approximate surface area is 163 Å². The largest absolute Gasteiger partial charge is 0.368 e. The number of ether oxygens (including phenoxy) is 1. The summed E-state index contributed by atoms with van der Waals surface area (Å²) in [6, 6.07) is 12.9. The highest BCUT2D eigenvalue weighted by Crippen LogP contribution is 2.24. The molecular formula is C21H21ClN2O3. The van der Waals surface area contributed by atoms with Gasteiger partial charge in [0.1, 0.15) is 6.10 Å². The minimum atomic E-state index is -0.396. The number of amides is 2. The molecule has 5 nitrogen and oxygen atoms in total. The lowest BCUT2D eigenvalue weighted by Gasteiger charge is -2.29. The van der Waals surface area contributed by atoms with Gasteiger partial charge in [-0.3, -0.25) is 9.59 Å². The van der Waals surface area contributed by atoms with Crippen LogP contribution in [0.2, 0.25) is 5.02 Å². The lowest BCUT2D eigenvalue weighted by molar-refractivity contribution is -0.124.